The van der Waals surface area contributed by atoms with Crippen LogP contribution in [0.15, 0.2) is 48.9 Å². The minimum Gasteiger partial charge on any atom is -0.367 e. The fraction of sp³-hybridized carbons (Fsp3) is 0.500. The van der Waals surface area contributed by atoms with E-state index in [2.05, 4.69) is 50.2 Å². The van der Waals surface area contributed by atoms with Gasteiger partial charge in [0.2, 0.25) is 5.91 Å². The highest BCUT2D eigenvalue weighted by molar-refractivity contribution is 5.73. The minimum absolute atomic E-state index is 0.150. The summed E-state index contributed by atoms with van der Waals surface area (Å²) in [7, 11) is 0. The number of para-hydroxylation sites is 1. The van der Waals surface area contributed by atoms with Crippen LogP contribution in [0, 0.1) is 11.6 Å². The Balaban J connectivity index is 1.19. The number of fused-ring (bicyclic) bond motifs is 1. The van der Waals surface area contributed by atoms with Crippen molar-refractivity contribution in [3.8, 4) is 5.69 Å². The maximum absolute atomic E-state index is 14.4. The summed E-state index contributed by atoms with van der Waals surface area (Å²) in [4.78, 5) is 20.8. The summed E-state index contributed by atoms with van der Waals surface area (Å²) in [5.74, 6) is 0.0314. The molecule has 0 saturated carbocycles. The van der Waals surface area contributed by atoms with Crippen molar-refractivity contribution in [2.45, 2.75) is 71.0 Å². The Kier molecular flexibility index (Phi) is 9.67. The Hall–Kier alpha value is -3.30. The molecule has 1 aliphatic heterocycles. The van der Waals surface area contributed by atoms with Crippen LogP contribution in [0.1, 0.15) is 56.2 Å². The zero-order chi connectivity index (χ0) is 28.8. The number of benzene rings is 2. The third-order valence-electron chi connectivity index (χ3n) is 8.38. The molecule has 7 nitrogen and oxygen atoms in total. The number of rotatable bonds is 10. The monoisotopic (exact) mass is 564 g/mol. The molecule has 1 saturated heterocycles. The smallest absolute Gasteiger partial charge is 0.219 e. The van der Waals surface area contributed by atoms with Crippen LogP contribution in [0.3, 0.4) is 0 Å². The fourth-order valence-corrected chi connectivity index (χ4v) is 6.21. The molecule has 1 amide bonds. The lowest BCUT2D eigenvalue weighted by molar-refractivity contribution is -0.128. The van der Waals surface area contributed by atoms with E-state index in [1.54, 1.807) is 6.92 Å². The Morgan fingerprint density at radius 3 is 2.83 bits per heavy atom. The number of aromatic nitrogens is 2. The summed E-state index contributed by atoms with van der Waals surface area (Å²) >= 11 is 0. The largest absolute Gasteiger partial charge is 0.367 e. The lowest BCUT2D eigenvalue weighted by Crippen LogP contribution is -2.45. The lowest BCUT2D eigenvalue weighted by atomic mass is 9.87. The van der Waals surface area contributed by atoms with E-state index in [0.717, 1.165) is 81.5 Å². The van der Waals surface area contributed by atoms with Crippen molar-refractivity contribution in [2.75, 3.05) is 38.0 Å². The molecular formula is C32H42F2N6O. The van der Waals surface area contributed by atoms with E-state index in [4.69, 9.17) is 0 Å². The predicted molar refractivity (Wildman–Crippen MR) is 158 cm³/mol. The molecular weight excluding hydrogens is 522 g/mol. The SMILES string of the molecule is CCC[C@@H](CNc1cn(-c2ccccc2CN2CCCN(C(C)=O)CC2)cn1)N[C@H]1CCc2cc(F)cc(F)c2C1. The van der Waals surface area contributed by atoms with Gasteiger partial charge in [-0.2, -0.15) is 0 Å². The van der Waals surface area contributed by atoms with Crippen molar-refractivity contribution < 1.29 is 13.6 Å². The van der Waals surface area contributed by atoms with Gasteiger partial charge in [-0.3, -0.25) is 9.69 Å². The Morgan fingerprint density at radius 2 is 2.00 bits per heavy atom. The molecule has 0 spiro atoms. The number of carbonyl (C=O) groups is 1. The van der Waals surface area contributed by atoms with E-state index in [9.17, 15) is 13.6 Å². The predicted octanol–water partition coefficient (Wildman–Crippen LogP) is 4.93. The van der Waals surface area contributed by atoms with Gasteiger partial charge in [-0.15, -0.1) is 0 Å². The van der Waals surface area contributed by atoms with Gasteiger partial charge in [-0.05, 0) is 60.9 Å². The summed E-state index contributed by atoms with van der Waals surface area (Å²) in [6.07, 6.45) is 9.01. The van der Waals surface area contributed by atoms with E-state index in [0.29, 0.717) is 24.9 Å². The molecule has 1 aromatic heterocycles. The van der Waals surface area contributed by atoms with E-state index >= 15 is 0 Å². The topological polar surface area (TPSA) is 65.4 Å². The highest BCUT2D eigenvalue weighted by atomic mass is 19.1. The number of imidazole rings is 1. The second-order valence-electron chi connectivity index (χ2n) is 11.4. The summed E-state index contributed by atoms with van der Waals surface area (Å²) in [5, 5.41) is 7.24. The number of aryl methyl sites for hydroxylation is 1. The summed E-state index contributed by atoms with van der Waals surface area (Å²) < 4.78 is 30.1. The van der Waals surface area contributed by atoms with Gasteiger partial charge in [0, 0.05) is 64.3 Å². The zero-order valence-corrected chi connectivity index (χ0v) is 24.2. The Bertz CT molecular complexity index is 1330. The van der Waals surface area contributed by atoms with Gasteiger partial charge in [-0.1, -0.05) is 31.5 Å². The summed E-state index contributed by atoms with van der Waals surface area (Å²) in [5.41, 5.74) is 3.77. The maximum atomic E-state index is 14.4. The molecule has 0 bridgehead atoms. The van der Waals surface area contributed by atoms with Gasteiger partial charge < -0.3 is 20.1 Å². The number of hydrogen-bond donors (Lipinski definition) is 2. The van der Waals surface area contributed by atoms with E-state index in [-0.39, 0.29) is 18.0 Å². The Labute approximate surface area is 241 Å². The molecule has 0 radical (unpaired) electrons. The average molecular weight is 565 g/mol. The quantitative estimate of drug-likeness (QED) is 0.366. The number of nitrogens with zero attached hydrogens (tertiary/aromatic N) is 4. The number of nitrogens with one attached hydrogen (secondary N) is 2. The van der Waals surface area contributed by atoms with E-state index in [1.807, 2.05) is 23.5 Å². The van der Waals surface area contributed by atoms with Crippen LogP contribution in [0.4, 0.5) is 14.6 Å². The Morgan fingerprint density at radius 1 is 1.15 bits per heavy atom. The van der Waals surface area contributed by atoms with Gasteiger partial charge in [-0.25, -0.2) is 13.8 Å². The van der Waals surface area contributed by atoms with Gasteiger partial charge in [0.25, 0.3) is 0 Å². The van der Waals surface area contributed by atoms with Crippen LogP contribution in [0.5, 0.6) is 0 Å². The molecule has 2 atom stereocenters. The third kappa shape index (κ3) is 7.51. The minimum atomic E-state index is -0.495. The van der Waals surface area contributed by atoms with Crippen molar-refractivity contribution >= 4 is 11.7 Å². The first-order valence-corrected chi connectivity index (χ1v) is 15.0. The van der Waals surface area contributed by atoms with E-state index in [1.165, 1.54) is 11.6 Å². The molecule has 9 heteroatoms. The number of amides is 1. The molecule has 220 valence electrons. The number of halogens is 2. The van der Waals surface area contributed by atoms with Crippen LogP contribution < -0.4 is 10.6 Å². The first-order valence-electron chi connectivity index (χ1n) is 15.0. The van der Waals surface area contributed by atoms with Crippen molar-refractivity contribution in [3.63, 3.8) is 0 Å². The number of anilines is 1. The molecule has 5 rings (SSSR count). The molecule has 3 aromatic rings. The molecule has 2 aliphatic rings. The molecule has 2 N–H and O–H groups in total. The van der Waals surface area contributed by atoms with Crippen molar-refractivity contribution in [1.29, 1.82) is 0 Å². The number of carbonyl (C=O) groups excluding carboxylic acids is 1. The van der Waals surface area contributed by atoms with Gasteiger partial charge in [0.05, 0.1) is 11.9 Å². The standard InChI is InChI=1S/C32H42F2N6O/c1-3-7-28(37-27-11-10-24-16-26(33)17-30(34)29(24)18-27)19-35-32-21-40(22-36-32)31-9-5-4-8-25(31)20-38-12-6-13-39(15-14-38)23(2)41/h4-5,8-9,16-17,21-22,27-28,35,37H,3,6-7,10-15,18-20H2,1-2H3/t27-,28-/m0/s1. The molecule has 41 heavy (non-hydrogen) atoms. The second-order valence-corrected chi connectivity index (χ2v) is 11.4. The van der Waals surface area contributed by atoms with Gasteiger partial charge in [0.1, 0.15) is 23.8 Å². The summed E-state index contributed by atoms with van der Waals surface area (Å²) in [6.45, 7) is 8.78. The lowest BCUT2D eigenvalue weighted by Gasteiger charge is -2.30. The van der Waals surface area contributed by atoms with Gasteiger partial charge >= 0.3 is 0 Å². The van der Waals surface area contributed by atoms with Crippen molar-refractivity contribution in [2.24, 2.45) is 0 Å². The normalized spacial score (nSPS) is 18.5. The molecule has 2 heterocycles. The van der Waals surface area contributed by atoms with Crippen LogP contribution in [-0.4, -0.2) is 70.1 Å². The van der Waals surface area contributed by atoms with Crippen LogP contribution >= 0.6 is 0 Å². The van der Waals surface area contributed by atoms with Crippen LogP contribution in [0.2, 0.25) is 0 Å². The average Bonchev–Trinajstić information content (AvgIpc) is 3.30. The zero-order valence-electron chi connectivity index (χ0n) is 24.2. The molecule has 2 aromatic carbocycles. The van der Waals surface area contributed by atoms with Crippen molar-refractivity contribution in [1.82, 2.24) is 24.7 Å². The fourth-order valence-electron chi connectivity index (χ4n) is 6.21. The third-order valence-corrected chi connectivity index (χ3v) is 8.38. The second kappa shape index (κ2) is 13.6. The highest BCUT2D eigenvalue weighted by Crippen LogP contribution is 2.26. The highest BCUT2D eigenvalue weighted by Gasteiger charge is 2.24. The van der Waals surface area contributed by atoms with E-state index < -0.39 is 11.6 Å². The number of hydrogen-bond acceptors (Lipinski definition) is 5. The maximum Gasteiger partial charge on any atom is 0.219 e. The van der Waals surface area contributed by atoms with Crippen molar-refractivity contribution in [3.05, 3.63) is 77.2 Å². The van der Waals surface area contributed by atoms with Crippen LogP contribution in [0.25, 0.3) is 5.69 Å². The summed E-state index contributed by atoms with van der Waals surface area (Å²) in [6, 6.07) is 11.2. The van der Waals surface area contributed by atoms with Crippen LogP contribution in [-0.2, 0) is 24.2 Å². The van der Waals surface area contributed by atoms with Gasteiger partial charge in [0.15, 0.2) is 0 Å². The molecule has 0 unspecified atom stereocenters. The molecule has 1 aliphatic carbocycles. The molecule has 1 fully saturated rings. The first kappa shape index (κ1) is 29.2. The first-order chi connectivity index (χ1) is 19.9.